The molecule has 1 aliphatic heterocycles. The Morgan fingerprint density at radius 1 is 1.00 bits per heavy atom. The van der Waals surface area contributed by atoms with Crippen molar-refractivity contribution in [1.82, 2.24) is 14.7 Å². The van der Waals surface area contributed by atoms with Crippen LogP contribution in [0.4, 0.5) is 10.1 Å². The van der Waals surface area contributed by atoms with Crippen LogP contribution in [-0.4, -0.2) is 46.1 Å². The molecule has 7 heteroatoms. The van der Waals surface area contributed by atoms with Crippen molar-refractivity contribution in [2.45, 2.75) is 26.2 Å². The second-order valence-corrected chi connectivity index (χ2v) is 7.77. The smallest absolute Gasteiger partial charge is 0.279 e. The number of para-hydroxylation sites is 1. The quantitative estimate of drug-likeness (QED) is 0.627. The number of likely N-dealkylation sites (tertiary alicyclic amines) is 1. The first-order valence-corrected chi connectivity index (χ1v) is 10.5. The number of nitrogens with zero attached hydrogens (tertiary/aromatic N) is 4. The Hall–Kier alpha value is -3.48. The minimum absolute atomic E-state index is 0.0611. The van der Waals surface area contributed by atoms with Crippen molar-refractivity contribution in [2.24, 2.45) is 0 Å². The standard InChI is InChI=1S/C24H25FN4O2/c1-18-9-11-19(12-10-18)28(17-23(30)27-14-5-2-6-15-27)24(31)21-13-16-29(26-21)22-8-4-3-7-20(22)25/h3-4,7-13,16H,2,5-6,14-15,17H2,1H3. The van der Waals surface area contributed by atoms with Gasteiger partial charge in [-0.1, -0.05) is 29.8 Å². The second-order valence-electron chi connectivity index (χ2n) is 7.77. The number of hydrogen-bond donors (Lipinski definition) is 0. The number of anilines is 1. The van der Waals surface area contributed by atoms with Gasteiger partial charge in [0.25, 0.3) is 5.91 Å². The van der Waals surface area contributed by atoms with Crippen molar-refractivity contribution in [3.05, 3.63) is 77.9 Å². The van der Waals surface area contributed by atoms with E-state index in [0.717, 1.165) is 37.9 Å². The van der Waals surface area contributed by atoms with Crippen molar-refractivity contribution in [1.29, 1.82) is 0 Å². The number of amides is 2. The van der Waals surface area contributed by atoms with Gasteiger partial charge >= 0.3 is 0 Å². The predicted octanol–water partition coefficient (Wildman–Crippen LogP) is 3.98. The average Bonchev–Trinajstić information content (AvgIpc) is 3.28. The fourth-order valence-electron chi connectivity index (χ4n) is 3.73. The SMILES string of the molecule is Cc1ccc(N(CC(=O)N2CCCCC2)C(=O)c2ccn(-c3ccccc3F)n2)cc1. The van der Waals surface area contributed by atoms with E-state index in [2.05, 4.69) is 5.10 Å². The van der Waals surface area contributed by atoms with Crippen LogP contribution in [0.15, 0.2) is 60.8 Å². The van der Waals surface area contributed by atoms with Gasteiger partial charge in [0.05, 0.1) is 0 Å². The van der Waals surface area contributed by atoms with Crippen molar-refractivity contribution in [3.63, 3.8) is 0 Å². The maximum absolute atomic E-state index is 14.1. The minimum Gasteiger partial charge on any atom is -0.341 e. The molecule has 0 atom stereocenters. The zero-order chi connectivity index (χ0) is 21.8. The Balaban J connectivity index is 1.61. The molecule has 0 spiro atoms. The van der Waals surface area contributed by atoms with Gasteiger partial charge in [0, 0.05) is 25.0 Å². The summed E-state index contributed by atoms with van der Waals surface area (Å²) >= 11 is 0. The Morgan fingerprint density at radius 2 is 1.71 bits per heavy atom. The van der Waals surface area contributed by atoms with E-state index >= 15 is 0 Å². The maximum atomic E-state index is 14.1. The highest BCUT2D eigenvalue weighted by Gasteiger charge is 2.26. The van der Waals surface area contributed by atoms with Crippen LogP contribution in [0.25, 0.3) is 5.69 Å². The molecular formula is C24H25FN4O2. The summed E-state index contributed by atoms with van der Waals surface area (Å²) in [6.45, 7) is 3.34. The van der Waals surface area contributed by atoms with Gasteiger partial charge in [-0.2, -0.15) is 5.10 Å². The number of hydrogen-bond acceptors (Lipinski definition) is 3. The monoisotopic (exact) mass is 420 g/mol. The van der Waals surface area contributed by atoms with Gasteiger partial charge in [-0.15, -0.1) is 0 Å². The van der Waals surface area contributed by atoms with Crippen molar-refractivity contribution < 1.29 is 14.0 Å². The van der Waals surface area contributed by atoms with E-state index in [0.29, 0.717) is 5.69 Å². The van der Waals surface area contributed by atoms with Gasteiger partial charge in [0.2, 0.25) is 5.91 Å². The summed E-state index contributed by atoms with van der Waals surface area (Å²) < 4.78 is 15.5. The molecule has 0 aliphatic carbocycles. The number of carbonyl (C=O) groups excluding carboxylic acids is 2. The van der Waals surface area contributed by atoms with Crippen molar-refractivity contribution >= 4 is 17.5 Å². The summed E-state index contributed by atoms with van der Waals surface area (Å²) in [5.74, 6) is -0.910. The first-order chi connectivity index (χ1) is 15.0. The second kappa shape index (κ2) is 9.12. The van der Waals surface area contributed by atoms with Gasteiger partial charge in [-0.05, 0) is 56.5 Å². The van der Waals surface area contributed by atoms with Gasteiger partial charge in [-0.3, -0.25) is 14.5 Å². The third-order valence-corrected chi connectivity index (χ3v) is 5.50. The van der Waals surface area contributed by atoms with Gasteiger partial charge in [0.1, 0.15) is 18.0 Å². The van der Waals surface area contributed by atoms with E-state index in [1.54, 1.807) is 30.5 Å². The zero-order valence-electron chi connectivity index (χ0n) is 17.5. The van der Waals surface area contributed by atoms with Crippen LogP contribution in [0.3, 0.4) is 0 Å². The fraction of sp³-hybridized carbons (Fsp3) is 0.292. The van der Waals surface area contributed by atoms with Crippen LogP contribution in [0.2, 0.25) is 0 Å². The molecule has 2 heterocycles. The number of carbonyl (C=O) groups is 2. The summed E-state index contributed by atoms with van der Waals surface area (Å²) in [4.78, 5) is 29.5. The zero-order valence-corrected chi connectivity index (χ0v) is 17.5. The van der Waals surface area contributed by atoms with E-state index in [-0.39, 0.29) is 23.8 Å². The van der Waals surface area contributed by atoms with Crippen LogP contribution < -0.4 is 4.90 Å². The molecule has 1 fully saturated rings. The highest BCUT2D eigenvalue weighted by Crippen LogP contribution is 2.20. The fourth-order valence-corrected chi connectivity index (χ4v) is 3.73. The van der Waals surface area contributed by atoms with E-state index in [1.807, 2.05) is 36.1 Å². The molecule has 0 N–H and O–H groups in total. The molecule has 2 amide bonds. The molecule has 3 aromatic rings. The lowest BCUT2D eigenvalue weighted by atomic mass is 10.1. The number of piperidine rings is 1. The van der Waals surface area contributed by atoms with Crippen LogP contribution >= 0.6 is 0 Å². The lowest BCUT2D eigenvalue weighted by molar-refractivity contribution is -0.130. The molecule has 2 aromatic carbocycles. The topological polar surface area (TPSA) is 58.4 Å². The first-order valence-electron chi connectivity index (χ1n) is 10.5. The van der Waals surface area contributed by atoms with Crippen molar-refractivity contribution in [3.8, 4) is 5.69 Å². The van der Waals surface area contributed by atoms with E-state index < -0.39 is 11.7 Å². The number of aromatic nitrogens is 2. The molecule has 6 nitrogen and oxygen atoms in total. The Kier molecular flexibility index (Phi) is 6.11. The van der Waals surface area contributed by atoms with Gasteiger partial charge in [0.15, 0.2) is 5.69 Å². The lowest BCUT2D eigenvalue weighted by Gasteiger charge is -2.30. The Labute approximate surface area is 180 Å². The summed E-state index contributed by atoms with van der Waals surface area (Å²) in [7, 11) is 0. The summed E-state index contributed by atoms with van der Waals surface area (Å²) in [5, 5.41) is 4.29. The Morgan fingerprint density at radius 3 is 2.42 bits per heavy atom. The van der Waals surface area contributed by atoms with Crippen LogP contribution in [0, 0.1) is 12.7 Å². The number of halogens is 1. The molecule has 1 aliphatic rings. The van der Waals surface area contributed by atoms with Crippen LogP contribution in [0.1, 0.15) is 35.3 Å². The number of benzene rings is 2. The molecule has 1 saturated heterocycles. The average molecular weight is 420 g/mol. The molecule has 1 aromatic heterocycles. The van der Waals surface area contributed by atoms with Crippen LogP contribution in [-0.2, 0) is 4.79 Å². The van der Waals surface area contributed by atoms with Crippen LogP contribution in [0.5, 0.6) is 0 Å². The summed E-state index contributed by atoms with van der Waals surface area (Å²) in [6, 6.07) is 15.2. The lowest BCUT2D eigenvalue weighted by Crippen LogP contribution is -2.45. The Bertz CT molecular complexity index is 1070. The molecule has 4 rings (SSSR count). The van der Waals surface area contributed by atoms with Gasteiger partial charge in [-0.25, -0.2) is 9.07 Å². The van der Waals surface area contributed by atoms with Crippen molar-refractivity contribution in [2.75, 3.05) is 24.5 Å². The first kappa shape index (κ1) is 20.8. The number of aryl methyl sites for hydroxylation is 1. The third kappa shape index (κ3) is 4.66. The molecule has 160 valence electrons. The highest BCUT2D eigenvalue weighted by molar-refractivity contribution is 6.07. The summed E-state index contributed by atoms with van der Waals surface area (Å²) in [5.41, 5.74) is 2.09. The molecule has 0 radical (unpaired) electrons. The molecule has 31 heavy (non-hydrogen) atoms. The van der Waals surface area contributed by atoms with E-state index in [1.165, 1.54) is 15.6 Å². The van der Waals surface area contributed by atoms with Gasteiger partial charge < -0.3 is 4.90 Å². The maximum Gasteiger partial charge on any atom is 0.279 e. The molecule has 0 unspecified atom stereocenters. The summed E-state index contributed by atoms with van der Waals surface area (Å²) in [6.07, 6.45) is 4.64. The number of rotatable bonds is 5. The molecule has 0 bridgehead atoms. The third-order valence-electron chi connectivity index (χ3n) is 5.50. The largest absolute Gasteiger partial charge is 0.341 e. The molecule has 0 saturated carbocycles. The highest BCUT2D eigenvalue weighted by atomic mass is 19.1. The molecular weight excluding hydrogens is 395 g/mol. The van der Waals surface area contributed by atoms with E-state index in [9.17, 15) is 14.0 Å². The predicted molar refractivity (Wildman–Crippen MR) is 117 cm³/mol. The normalized spacial score (nSPS) is 13.8. The minimum atomic E-state index is -0.430. The van der Waals surface area contributed by atoms with E-state index in [4.69, 9.17) is 0 Å².